The lowest BCUT2D eigenvalue weighted by atomic mass is 10.2. The molecule has 0 N–H and O–H groups in total. The van der Waals surface area contributed by atoms with E-state index in [1.807, 2.05) is 13.8 Å². The molecule has 0 spiro atoms. The molecule has 9 heteroatoms. The molecule has 0 bridgehead atoms. The lowest BCUT2D eigenvalue weighted by Crippen LogP contribution is -2.41. The summed E-state index contributed by atoms with van der Waals surface area (Å²) in [6, 6.07) is 3.98. The van der Waals surface area contributed by atoms with Crippen LogP contribution in [0.4, 0.5) is 13.2 Å². The van der Waals surface area contributed by atoms with Crippen LogP contribution in [0.5, 0.6) is 5.75 Å². The van der Waals surface area contributed by atoms with Gasteiger partial charge < -0.3 is 9.47 Å². The molecule has 0 fully saturated rings. The molecule has 5 nitrogen and oxygen atoms in total. The summed E-state index contributed by atoms with van der Waals surface area (Å²) in [5.41, 5.74) is 0. The maximum absolute atomic E-state index is 12.8. The monoisotopic (exact) mass is 369 g/mol. The van der Waals surface area contributed by atoms with Crippen molar-refractivity contribution in [2.45, 2.75) is 44.0 Å². The Morgan fingerprint density at radius 3 is 2.08 bits per heavy atom. The highest BCUT2D eigenvalue weighted by molar-refractivity contribution is 7.89. The van der Waals surface area contributed by atoms with E-state index in [-0.39, 0.29) is 24.1 Å². The molecular weight excluding hydrogens is 347 g/mol. The van der Waals surface area contributed by atoms with Gasteiger partial charge in [-0.25, -0.2) is 8.42 Å². The number of benzene rings is 1. The number of halogens is 3. The second-order valence-electron chi connectivity index (χ2n) is 5.10. The number of hydrogen-bond donors (Lipinski definition) is 0. The zero-order valence-electron chi connectivity index (χ0n) is 13.8. The Bertz CT molecular complexity index is 598. The first-order chi connectivity index (χ1) is 11.2. The van der Waals surface area contributed by atoms with Gasteiger partial charge in [0, 0.05) is 19.7 Å². The van der Waals surface area contributed by atoms with Crippen molar-refractivity contribution in [2.75, 3.05) is 20.3 Å². The van der Waals surface area contributed by atoms with Crippen molar-refractivity contribution in [3.63, 3.8) is 0 Å². The average molecular weight is 369 g/mol. The van der Waals surface area contributed by atoms with Crippen molar-refractivity contribution < 1.29 is 31.1 Å². The normalized spacial score (nSPS) is 12.8. The topological polar surface area (TPSA) is 55.8 Å². The molecule has 0 atom stereocenters. The molecule has 0 aliphatic heterocycles. The second kappa shape index (κ2) is 8.68. The van der Waals surface area contributed by atoms with Gasteiger partial charge in [-0.1, -0.05) is 13.8 Å². The van der Waals surface area contributed by atoms with Gasteiger partial charge >= 0.3 is 6.36 Å². The SMILES string of the molecule is CCC(CC)N(CCOC)S(=O)(=O)c1ccc(OC(F)(F)F)cc1. The highest BCUT2D eigenvalue weighted by Crippen LogP contribution is 2.26. The van der Waals surface area contributed by atoms with Crippen LogP contribution >= 0.6 is 0 Å². The number of ether oxygens (including phenoxy) is 2. The Hall–Kier alpha value is -1.32. The Labute approximate surface area is 140 Å². The molecular formula is C15H22F3NO4S. The third-order valence-corrected chi connectivity index (χ3v) is 5.50. The molecule has 1 aromatic rings. The van der Waals surface area contributed by atoms with Gasteiger partial charge in [0.05, 0.1) is 11.5 Å². The van der Waals surface area contributed by atoms with Crippen LogP contribution in [0.15, 0.2) is 29.2 Å². The first-order valence-corrected chi connectivity index (χ1v) is 8.96. The first-order valence-electron chi connectivity index (χ1n) is 7.52. The van der Waals surface area contributed by atoms with E-state index in [9.17, 15) is 21.6 Å². The van der Waals surface area contributed by atoms with Crippen molar-refractivity contribution in [3.8, 4) is 5.75 Å². The van der Waals surface area contributed by atoms with Crippen molar-refractivity contribution in [3.05, 3.63) is 24.3 Å². The van der Waals surface area contributed by atoms with Crippen molar-refractivity contribution in [1.82, 2.24) is 4.31 Å². The maximum atomic E-state index is 12.8. The minimum Gasteiger partial charge on any atom is -0.406 e. The summed E-state index contributed by atoms with van der Waals surface area (Å²) in [6.07, 6.45) is -3.58. The number of nitrogens with zero attached hydrogens (tertiary/aromatic N) is 1. The molecule has 0 radical (unpaired) electrons. The third-order valence-electron chi connectivity index (χ3n) is 3.53. The Morgan fingerprint density at radius 1 is 1.12 bits per heavy atom. The van der Waals surface area contributed by atoms with Gasteiger partial charge in [0.15, 0.2) is 0 Å². The van der Waals surface area contributed by atoms with Gasteiger partial charge in [0.2, 0.25) is 10.0 Å². The molecule has 0 aliphatic carbocycles. The molecule has 0 aromatic heterocycles. The van der Waals surface area contributed by atoms with E-state index >= 15 is 0 Å². The van der Waals surface area contributed by atoms with Crippen molar-refractivity contribution in [1.29, 1.82) is 0 Å². The zero-order chi connectivity index (χ0) is 18.4. The van der Waals surface area contributed by atoms with Crippen LogP contribution in [0.2, 0.25) is 0 Å². The van der Waals surface area contributed by atoms with Gasteiger partial charge in [-0.3, -0.25) is 0 Å². The van der Waals surface area contributed by atoms with Gasteiger partial charge in [0.25, 0.3) is 0 Å². The molecule has 0 unspecified atom stereocenters. The number of sulfonamides is 1. The predicted molar refractivity (Wildman–Crippen MR) is 83.3 cm³/mol. The van der Waals surface area contributed by atoms with E-state index in [0.29, 0.717) is 12.8 Å². The van der Waals surface area contributed by atoms with Crippen LogP contribution in [-0.2, 0) is 14.8 Å². The summed E-state index contributed by atoms with van der Waals surface area (Å²) in [5.74, 6) is -0.465. The lowest BCUT2D eigenvalue weighted by molar-refractivity contribution is -0.274. The maximum Gasteiger partial charge on any atom is 0.573 e. The summed E-state index contributed by atoms with van der Waals surface area (Å²) < 4.78 is 72.2. The van der Waals surface area contributed by atoms with Crippen LogP contribution in [0.1, 0.15) is 26.7 Å². The van der Waals surface area contributed by atoms with E-state index in [1.165, 1.54) is 11.4 Å². The minimum atomic E-state index is -4.82. The number of rotatable bonds is 9. The average Bonchev–Trinajstić information content (AvgIpc) is 2.50. The quantitative estimate of drug-likeness (QED) is 0.669. The van der Waals surface area contributed by atoms with Gasteiger partial charge in [0.1, 0.15) is 5.75 Å². The summed E-state index contributed by atoms with van der Waals surface area (Å²) >= 11 is 0. The summed E-state index contributed by atoms with van der Waals surface area (Å²) in [5, 5.41) is 0. The minimum absolute atomic E-state index is 0.0833. The number of alkyl halides is 3. The molecule has 0 saturated heterocycles. The van der Waals surface area contributed by atoms with E-state index in [0.717, 1.165) is 24.3 Å². The van der Waals surface area contributed by atoms with Crippen molar-refractivity contribution in [2.24, 2.45) is 0 Å². The summed E-state index contributed by atoms with van der Waals surface area (Å²) in [4.78, 5) is -0.0833. The molecule has 138 valence electrons. The molecule has 0 heterocycles. The van der Waals surface area contributed by atoms with Crippen LogP contribution in [0.25, 0.3) is 0 Å². The highest BCUT2D eigenvalue weighted by atomic mass is 32.2. The van der Waals surface area contributed by atoms with E-state index in [4.69, 9.17) is 4.74 Å². The van der Waals surface area contributed by atoms with Gasteiger partial charge in [-0.2, -0.15) is 4.31 Å². The lowest BCUT2D eigenvalue weighted by Gasteiger charge is -2.29. The van der Waals surface area contributed by atoms with E-state index in [1.54, 1.807) is 0 Å². The fourth-order valence-corrected chi connectivity index (χ4v) is 4.08. The van der Waals surface area contributed by atoms with Gasteiger partial charge in [-0.05, 0) is 37.1 Å². The van der Waals surface area contributed by atoms with Crippen LogP contribution in [0, 0.1) is 0 Å². The Kier molecular flexibility index (Phi) is 7.50. The van der Waals surface area contributed by atoms with Crippen molar-refractivity contribution >= 4 is 10.0 Å². The summed E-state index contributed by atoms with van der Waals surface area (Å²) in [6.45, 7) is 4.16. The molecule has 1 aromatic carbocycles. The first kappa shape index (κ1) is 20.7. The van der Waals surface area contributed by atoms with E-state index in [2.05, 4.69) is 4.74 Å². The predicted octanol–water partition coefficient (Wildman–Crippen LogP) is 3.41. The van der Waals surface area contributed by atoms with Crippen LogP contribution in [0.3, 0.4) is 0 Å². The fourth-order valence-electron chi connectivity index (χ4n) is 2.32. The highest BCUT2D eigenvalue weighted by Gasteiger charge is 2.32. The van der Waals surface area contributed by atoms with Crippen LogP contribution in [-0.4, -0.2) is 45.4 Å². The van der Waals surface area contributed by atoms with Gasteiger partial charge in [-0.15, -0.1) is 13.2 Å². The standard InChI is InChI=1S/C15H22F3NO4S/c1-4-12(5-2)19(10-11-22-3)24(20,21)14-8-6-13(7-9-14)23-15(16,17)18/h6-9,12H,4-5,10-11H2,1-3H3. The molecule has 0 amide bonds. The Morgan fingerprint density at radius 2 is 1.67 bits per heavy atom. The summed E-state index contributed by atoms with van der Waals surface area (Å²) in [7, 11) is -2.37. The van der Waals surface area contributed by atoms with E-state index < -0.39 is 22.1 Å². The second-order valence-corrected chi connectivity index (χ2v) is 6.99. The smallest absolute Gasteiger partial charge is 0.406 e. The number of methoxy groups -OCH3 is 1. The molecule has 0 saturated carbocycles. The third kappa shape index (κ3) is 5.64. The van der Waals surface area contributed by atoms with Crippen LogP contribution < -0.4 is 4.74 Å². The molecule has 1 rings (SSSR count). The molecule has 0 aliphatic rings. The number of hydrogen-bond acceptors (Lipinski definition) is 4. The Balaban J connectivity index is 3.09. The fraction of sp³-hybridized carbons (Fsp3) is 0.600. The molecule has 24 heavy (non-hydrogen) atoms. The largest absolute Gasteiger partial charge is 0.573 e. The zero-order valence-corrected chi connectivity index (χ0v) is 14.7.